The first kappa shape index (κ1) is 15.2. The molecular weight excluding hydrogens is 288 g/mol. The van der Waals surface area contributed by atoms with Crippen LogP contribution in [0.1, 0.15) is 28.5 Å². The van der Waals surface area contributed by atoms with Crippen molar-refractivity contribution in [3.05, 3.63) is 44.3 Å². The van der Waals surface area contributed by atoms with Gasteiger partial charge in [-0.15, -0.1) is 11.3 Å². The van der Waals surface area contributed by atoms with Crippen LogP contribution in [0.5, 0.6) is 0 Å². The van der Waals surface area contributed by atoms with Crippen LogP contribution < -0.4 is 10.9 Å². The Labute approximate surface area is 126 Å². The first-order valence-corrected chi connectivity index (χ1v) is 7.37. The number of thiazole rings is 1. The van der Waals surface area contributed by atoms with Crippen LogP contribution in [0.25, 0.3) is 0 Å². The standard InChI is InChI=1S/C14H18N4O2S/c1-8(12-9(2)21-10(3)16-12)18(4)14(20)17-11-6-5-7-15-13(11)19/h5-8H,1-4H3,(H,15,19)(H,17,20)/t8-/m1/s1. The highest BCUT2D eigenvalue weighted by atomic mass is 32.1. The number of hydrogen-bond donors (Lipinski definition) is 2. The lowest BCUT2D eigenvalue weighted by molar-refractivity contribution is 0.207. The van der Waals surface area contributed by atoms with Crippen LogP contribution in [0.15, 0.2) is 23.1 Å². The molecule has 0 fully saturated rings. The minimum atomic E-state index is -0.343. The monoisotopic (exact) mass is 306 g/mol. The molecule has 0 aromatic carbocycles. The molecular formula is C14H18N4O2S. The highest BCUT2D eigenvalue weighted by Crippen LogP contribution is 2.26. The van der Waals surface area contributed by atoms with Gasteiger partial charge in [-0.1, -0.05) is 0 Å². The van der Waals surface area contributed by atoms with Gasteiger partial charge in [0.2, 0.25) is 0 Å². The molecule has 0 aliphatic heterocycles. The van der Waals surface area contributed by atoms with E-state index in [4.69, 9.17) is 0 Å². The number of nitrogens with one attached hydrogen (secondary N) is 2. The van der Waals surface area contributed by atoms with E-state index in [1.165, 1.54) is 11.1 Å². The van der Waals surface area contributed by atoms with Crippen molar-refractivity contribution in [3.8, 4) is 0 Å². The second-order valence-corrected chi connectivity index (χ2v) is 6.21. The molecule has 0 unspecified atom stereocenters. The van der Waals surface area contributed by atoms with Crippen molar-refractivity contribution >= 4 is 23.1 Å². The molecule has 2 N–H and O–H groups in total. The van der Waals surface area contributed by atoms with E-state index in [1.807, 2.05) is 20.8 Å². The van der Waals surface area contributed by atoms with Crippen LogP contribution in [0, 0.1) is 13.8 Å². The number of urea groups is 1. The lowest BCUT2D eigenvalue weighted by Gasteiger charge is -2.24. The Balaban J connectivity index is 2.14. The van der Waals surface area contributed by atoms with Crippen molar-refractivity contribution in [2.24, 2.45) is 0 Å². The largest absolute Gasteiger partial charge is 0.327 e. The maximum absolute atomic E-state index is 12.2. The Morgan fingerprint density at radius 3 is 2.76 bits per heavy atom. The van der Waals surface area contributed by atoms with Gasteiger partial charge in [0.15, 0.2) is 0 Å². The molecule has 2 aromatic rings. The van der Waals surface area contributed by atoms with Crippen molar-refractivity contribution in [2.45, 2.75) is 26.8 Å². The second-order valence-electron chi connectivity index (χ2n) is 4.80. The Hall–Kier alpha value is -2.15. The van der Waals surface area contributed by atoms with E-state index >= 15 is 0 Å². The van der Waals surface area contributed by atoms with Crippen molar-refractivity contribution in [1.82, 2.24) is 14.9 Å². The van der Waals surface area contributed by atoms with Crippen molar-refractivity contribution in [2.75, 3.05) is 12.4 Å². The number of aromatic nitrogens is 2. The number of amides is 2. The van der Waals surface area contributed by atoms with Crippen LogP contribution in [0.4, 0.5) is 10.5 Å². The van der Waals surface area contributed by atoms with E-state index in [1.54, 1.807) is 30.5 Å². The first-order valence-electron chi connectivity index (χ1n) is 6.55. The zero-order valence-electron chi connectivity index (χ0n) is 12.4. The van der Waals surface area contributed by atoms with E-state index in [0.29, 0.717) is 0 Å². The summed E-state index contributed by atoms with van der Waals surface area (Å²) in [6, 6.07) is 2.71. The third kappa shape index (κ3) is 3.30. The molecule has 0 aliphatic carbocycles. The van der Waals surface area contributed by atoms with Crippen LogP contribution in [-0.2, 0) is 0 Å². The van der Waals surface area contributed by atoms with E-state index in [2.05, 4.69) is 15.3 Å². The lowest BCUT2D eigenvalue weighted by atomic mass is 10.2. The molecule has 1 atom stereocenters. The molecule has 0 aliphatic rings. The third-order valence-corrected chi connectivity index (χ3v) is 4.20. The quantitative estimate of drug-likeness (QED) is 0.915. The number of carbonyl (C=O) groups is 1. The highest BCUT2D eigenvalue weighted by molar-refractivity contribution is 7.11. The highest BCUT2D eigenvalue weighted by Gasteiger charge is 2.22. The van der Waals surface area contributed by atoms with Gasteiger partial charge in [-0.2, -0.15) is 0 Å². The molecule has 0 spiro atoms. The number of carbonyl (C=O) groups excluding carboxylic acids is 1. The van der Waals surface area contributed by atoms with Gasteiger partial charge in [-0.25, -0.2) is 9.78 Å². The number of H-pyrrole nitrogens is 1. The van der Waals surface area contributed by atoms with Gasteiger partial charge in [0.05, 0.1) is 16.7 Å². The van der Waals surface area contributed by atoms with Gasteiger partial charge in [0.1, 0.15) is 5.69 Å². The molecule has 112 valence electrons. The molecule has 0 bridgehead atoms. The Kier molecular flexibility index (Phi) is 4.42. The summed E-state index contributed by atoms with van der Waals surface area (Å²) < 4.78 is 0. The lowest BCUT2D eigenvalue weighted by Crippen LogP contribution is -2.35. The van der Waals surface area contributed by atoms with Crippen molar-refractivity contribution in [3.63, 3.8) is 0 Å². The van der Waals surface area contributed by atoms with E-state index in [-0.39, 0.29) is 23.3 Å². The fourth-order valence-electron chi connectivity index (χ4n) is 2.02. The normalized spacial score (nSPS) is 12.0. The number of anilines is 1. The second kappa shape index (κ2) is 6.09. The van der Waals surface area contributed by atoms with Crippen molar-refractivity contribution in [1.29, 1.82) is 0 Å². The number of aryl methyl sites for hydroxylation is 2. The Bertz CT molecular complexity index is 707. The number of hydrogen-bond acceptors (Lipinski definition) is 4. The first-order chi connectivity index (χ1) is 9.90. The Morgan fingerprint density at radius 1 is 1.48 bits per heavy atom. The molecule has 2 heterocycles. The Morgan fingerprint density at radius 2 is 2.19 bits per heavy atom. The molecule has 6 nitrogen and oxygen atoms in total. The number of rotatable bonds is 3. The minimum absolute atomic E-state index is 0.169. The topological polar surface area (TPSA) is 78.1 Å². The summed E-state index contributed by atoms with van der Waals surface area (Å²) >= 11 is 1.61. The minimum Gasteiger partial charge on any atom is -0.327 e. The maximum Gasteiger partial charge on any atom is 0.322 e. The fourth-order valence-corrected chi connectivity index (χ4v) is 2.92. The van der Waals surface area contributed by atoms with Gasteiger partial charge in [0, 0.05) is 18.1 Å². The molecule has 0 radical (unpaired) electrons. The van der Waals surface area contributed by atoms with Crippen LogP contribution in [0.2, 0.25) is 0 Å². The summed E-state index contributed by atoms with van der Waals surface area (Å²) in [4.78, 5) is 33.4. The molecule has 2 amide bonds. The third-order valence-electron chi connectivity index (χ3n) is 3.30. The summed E-state index contributed by atoms with van der Waals surface area (Å²) in [5.74, 6) is 0. The zero-order chi connectivity index (χ0) is 15.6. The maximum atomic E-state index is 12.2. The molecule has 7 heteroatoms. The summed E-state index contributed by atoms with van der Waals surface area (Å²) in [6.45, 7) is 5.85. The van der Waals surface area contributed by atoms with Gasteiger partial charge in [0.25, 0.3) is 5.56 Å². The average molecular weight is 306 g/mol. The predicted molar refractivity (Wildman–Crippen MR) is 83.8 cm³/mol. The van der Waals surface area contributed by atoms with Gasteiger partial charge >= 0.3 is 6.03 Å². The summed E-state index contributed by atoms with van der Waals surface area (Å²) in [5.41, 5.74) is 0.789. The molecule has 2 rings (SSSR count). The van der Waals surface area contributed by atoms with Crippen molar-refractivity contribution < 1.29 is 4.79 Å². The summed E-state index contributed by atoms with van der Waals surface area (Å²) in [7, 11) is 1.69. The van der Waals surface area contributed by atoms with Crippen LogP contribution in [-0.4, -0.2) is 27.9 Å². The van der Waals surface area contributed by atoms with Crippen LogP contribution in [0.3, 0.4) is 0 Å². The molecule has 0 saturated heterocycles. The van der Waals surface area contributed by atoms with Gasteiger partial charge in [-0.05, 0) is 32.9 Å². The summed E-state index contributed by atoms with van der Waals surface area (Å²) in [6.07, 6.45) is 1.52. The van der Waals surface area contributed by atoms with Gasteiger partial charge < -0.3 is 15.2 Å². The molecule has 21 heavy (non-hydrogen) atoms. The number of pyridine rings is 1. The van der Waals surface area contributed by atoms with E-state index in [0.717, 1.165) is 15.6 Å². The molecule has 0 saturated carbocycles. The SMILES string of the molecule is Cc1nc([C@@H](C)N(C)C(=O)Nc2ccc[nH]c2=O)c(C)s1. The smallest absolute Gasteiger partial charge is 0.322 e. The fraction of sp³-hybridized carbons (Fsp3) is 0.357. The number of nitrogens with zero attached hydrogens (tertiary/aromatic N) is 2. The molecule has 2 aromatic heterocycles. The summed E-state index contributed by atoms with van der Waals surface area (Å²) in [5, 5.41) is 3.58. The van der Waals surface area contributed by atoms with Crippen LogP contribution >= 0.6 is 11.3 Å². The van der Waals surface area contributed by atoms with Gasteiger partial charge in [-0.3, -0.25) is 4.79 Å². The zero-order valence-corrected chi connectivity index (χ0v) is 13.2. The predicted octanol–water partition coefficient (Wildman–Crippen LogP) is 2.67. The van der Waals surface area contributed by atoms with E-state index in [9.17, 15) is 9.59 Å². The van der Waals surface area contributed by atoms with E-state index < -0.39 is 0 Å². The average Bonchev–Trinajstić information content (AvgIpc) is 2.78. The number of aromatic amines is 1.